The fraction of sp³-hybridized carbons (Fsp3) is 0.385. The number of halogens is 1. The summed E-state index contributed by atoms with van der Waals surface area (Å²) in [6.45, 7) is 1.42. The van der Waals surface area contributed by atoms with Gasteiger partial charge in [-0.25, -0.2) is 4.39 Å². The molecule has 0 N–H and O–H groups in total. The highest BCUT2D eigenvalue weighted by molar-refractivity contribution is 5.19. The zero-order valence-electron chi connectivity index (χ0n) is 9.80. The molecule has 1 atom stereocenters. The molecule has 0 bridgehead atoms. The molecule has 1 aliphatic heterocycles. The maximum absolute atomic E-state index is 12.8. The zero-order chi connectivity index (χ0) is 12.4. The average molecular weight is 248 g/mol. The van der Waals surface area contributed by atoms with Crippen molar-refractivity contribution in [2.45, 2.75) is 18.8 Å². The molecule has 5 heteroatoms. The Kier molecular flexibility index (Phi) is 3.06. The first-order chi connectivity index (χ1) is 8.81. The van der Waals surface area contributed by atoms with Crippen molar-refractivity contribution in [1.29, 1.82) is 0 Å². The number of ether oxygens (including phenoxy) is 1. The van der Waals surface area contributed by atoms with Crippen molar-refractivity contribution >= 4 is 0 Å². The summed E-state index contributed by atoms with van der Waals surface area (Å²) in [5.41, 5.74) is 0.953. The van der Waals surface area contributed by atoms with Crippen molar-refractivity contribution in [1.82, 2.24) is 10.1 Å². The van der Waals surface area contributed by atoms with Crippen LogP contribution in [-0.2, 0) is 11.2 Å². The van der Waals surface area contributed by atoms with Crippen molar-refractivity contribution < 1.29 is 13.7 Å². The SMILES string of the molecule is Fc1ccc(Cc2nc(C3CCOC3)no2)cc1. The number of hydrogen-bond donors (Lipinski definition) is 0. The second-order valence-electron chi connectivity index (χ2n) is 4.41. The molecule has 1 aromatic carbocycles. The Morgan fingerprint density at radius 2 is 2.11 bits per heavy atom. The van der Waals surface area contributed by atoms with Gasteiger partial charge in [0.1, 0.15) is 5.82 Å². The van der Waals surface area contributed by atoms with Gasteiger partial charge in [0.05, 0.1) is 13.0 Å². The van der Waals surface area contributed by atoms with Crippen molar-refractivity contribution in [2.75, 3.05) is 13.2 Å². The van der Waals surface area contributed by atoms with Crippen LogP contribution in [0.5, 0.6) is 0 Å². The highest BCUT2D eigenvalue weighted by Crippen LogP contribution is 2.22. The molecule has 0 amide bonds. The smallest absolute Gasteiger partial charge is 0.231 e. The van der Waals surface area contributed by atoms with Gasteiger partial charge in [0, 0.05) is 12.5 Å². The summed E-state index contributed by atoms with van der Waals surface area (Å²) in [7, 11) is 0. The third kappa shape index (κ3) is 2.41. The van der Waals surface area contributed by atoms with Gasteiger partial charge in [-0.05, 0) is 24.1 Å². The molecule has 1 aliphatic rings. The van der Waals surface area contributed by atoms with E-state index in [0.29, 0.717) is 24.7 Å². The predicted octanol–water partition coefficient (Wildman–Crippen LogP) is 2.30. The molecule has 1 aromatic heterocycles. The molecule has 1 unspecified atom stereocenters. The van der Waals surface area contributed by atoms with Crippen molar-refractivity contribution in [3.8, 4) is 0 Å². The lowest BCUT2D eigenvalue weighted by Crippen LogP contribution is -2.00. The molecule has 4 nitrogen and oxygen atoms in total. The molecule has 3 rings (SSSR count). The molecule has 1 fully saturated rings. The van der Waals surface area contributed by atoms with Gasteiger partial charge in [-0.1, -0.05) is 17.3 Å². The summed E-state index contributed by atoms with van der Waals surface area (Å²) in [4.78, 5) is 4.36. The molecule has 1 saturated heterocycles. The van der Waals surface area contributed by atoms with E-state index < -0.39 is 0 Å². The summed E-state index contributed by atoms with van der Waals surface area (Å²) in [6, 6.07) is 6.30. The number of nitrogens with zero attached hydrogens (tertiary/aromatic N) is 2. The van der Waals surface area contributed by atoms with Gasteiger partial charge in [0.2, 0.25) is 5.89 Å². The van der Waals surface area contributed by atoms with Gasteiger partial charge in [0.15, 0.2) is 5.82 Å². The monoisotopic (exact) mass is 248 g/mol. The molecule has 94 valence electrons. The fourth-order valence-electron chi connectivity index (χ4n) is 2.02. The first kappa shape index (κ1) is 11.3. The standard InChI is InChI=1S/C13H13FN2O2/c14-11-3-1-9(2-4-11)7-12-15-13(16-18-12)10-5-6-17-8-10/h1-4,10H,5-8H2. The minimum atomic E-state index is -0.243. The van der Waals surface area contributed by atoms with Gasteiger partial charge >= 0.3 is 0 Å². The van der Waals surface area contributed by atoms with E-state index in [1.165, 1.54) is 12.1 Å². The van der Waals surface area contributed by atoms with E-state index in [-0.39, 0.29) is 11.7 Å². The van der Waals surface area contributed by atoms with Crippen LogP contribution in [0, 0.1) is 5.82 Å². The third-order valence-electron chi connectivity index (χ3n) is 3.05. The quantitative estimate of drug-likeness (QED) is 0.836. The Hall–Kier alpha value is -1.75. The van der Waals surface area contributed by atoms with E-state index in [0.717, 1.165) is 18.6 Å². The van der Waals surface area contributed by atoms with E-state index in [2.05, 4.69) is 10.1 Å². The number of aromatic nitrogens is 2. The Bertz CT molecular complexity index is 518. The van der Waals surface area contributed by atoms with Crippen LogP contribution in [0.2, 0.25) is 0 Å². The minimum Gasteiger partial charge on any atom is -0.381 e. The fourth-order valence-corrected chi connectivity index (χ4v) is 2.02. The maximum atomic E-state index is 12.8. The lowest BCUT2D eigenvalue weighted by molar-refractivity contribution is 0.192. The van der Waals surface area contributed by atoms with E-state index in [9.17, 15) is 4.39 Å². The van der Waals surface area contributed by atoms with Crippen molar-refractivity contribution in [3.05, 3.63) is 47.4 Å². The first-order valence-electron chi connectivity index (χ1n) is 5.96. The highest BCUT2D eigenvalue weighted by Gasteiger charge is 2.23. The van der Waals surface area contributed by atoms with E-state index >= 15 is 0 Å². The number of hydrogen-bond acceptors (Lipinski definition) is 4. The lowest BCUT2D eigenvalue weighted by atomic mass is 10.1. The molecule has 0 spiro atoms. The molecule has 0 radical (unpaired) electrons. The largest absolute Gasteiger partial charge is 0.381 e. The average Bonchev–Trinajstić information content (AvgIpc) is 3.02. The molecule has 18 heavy (non-hydrogen) atoms. The van der Waals surface area contributed by atoms with E-state index in [4.69, 9.17) is 9.26 Å². The first-order valence-corrected chi connectivity index (χ1v) is 5.96. The molecule has 2 aromatic rings. The normalized spacial score (nSPS) is 19.3. The van der Waals surface area contributed by atoms with Gasteiger partial charge in [-0.15, -0.1) is 0 Å². The summed E-state index contributed by atoms with van der Waals surface area (Å²) >= 11 is 0. The second kappa shape index (κ2) is 4.86. The molecule has 0 aliphatic carbocycles. The molecule has 0 saturated carbocycles. The number of rotatable bonds is 3. The summed E-state index contributed by atoms with van der Waals surface area (Å²) in [5, 5.41) is 3.97. The predicted molar refractivity (Wildman–Crippen MR) is 61.7 cm³/mol. The number of benzene rings is 1. The van der Waals surface area contributed by atoms with Crippen LogP contribution < -0.4 is 0 Å². The third-order valence-corrected chi connectivity index (χ3v) is 3.05. The van der Waals surface area contributed by atoms with Gasteiger partial charge in [0.25, 0.3) is 0 Å². The summed E-state index contributed by atoms with van der Waals surface area (Å²) < 4.78 is 23.3. The van der Waals surface area contributed by atoms with Crippen LogP contribution >= 0.6 is 0 Å². The minimum absolute atomic E-state index is 0.243. The zero-order valence-corrected chi connectivity index (χ0v) is 9.80. The molecule has 2 heterocycles. The second-order valence-corrected chi connectivity index (χ2v) is 4.41. The van der Waals surface area contributed by atoms with Crippen LogP contribution in [0.4, 0.5) is 4.39 Å². The summed E-state index contributed by atoms with van der Waals surface area (Å²) in [6.07, 6.45) is 1.47. The van der Waals surface area contributed by atoms with E-state index in [1.54, 1.807) is 12.1 Å². The van der Waals surface area contributed by atoms with Gasteiger partial charge in [-0.2, -0.15) is 4.98 Å². The van der Waals surface area contributed by atoms with Crippen LogP contribution in [-0.4, -0.2) is 23.4 Å². The topological polar surface area (TPSA) is 48.2 Å². The van der Waals surface area contributed by atoms with Crippen LogP contribution in [0.25, 0.3) is 0 Å². The Morgan fingerprint density at radius 1 is 1.28 bits per heavy atom. The van der Waals surface area contributed by atoms with Crippen molar-refractivity contribution in [3.63, 3.8) is 0 Å². The van der Waals surface area contributed by atoms with E-state index in [1.807, 2.05) is 0 Å². The van der Waals surface area contributed by atoms with Crippen LogP contribution in [0.15, 0.2) is 28.8 Å². The summed E-state index contributed by atoms with van der Waals surface area (Å²) in [5.74, 6) is 1.27. The Labute approximate surface area is 104 Å². The maximum Gasteiger partial charge on any atom is 0.231 e. The molecular weight excluding hydrogens is 235 g/mol. The lowest BCUT2D eigenvalue weighted by Gasteiger charge is -1.98. The van der Waals surface area contributed by atoms with Crippen LogP contribution in [0.1, 0.15) is 29.6 Å². The Balaban J connectivity index is 1.71. The van der Waals surface area contributed by atoms with Crippen LogP contribution in [0.3, 0.4) is 0 Å². The van der Waals surface area contributed by atoms with Gasteiger partial charge < -0.3 is 9.26 Å². The van der Waals surface area contributed by atoms with Gasteiger partial charge in [-0.3, -0.25) is 0 Å². The molecular formula is C13H13FN2O2. The Morgan fingerprint density at radius 3 is 2.83 bits per heavy atom. The van der Waals surface area contributed by atoms with Crippen molar-refractivity contribution in [2.24, 2.45) is 0 Å². The highest BCUT2D eigenvalue weighted by atomic mass is 19.1.